The van der Waals surface area contributed by atoms with E-state index < -0.39 is 0 Å². The Hall–Kier alpha value is -3.35. The summed E-state index contributed by atoms with van der Waals surface area (Å²) in [4.78, 5) is 40.6. The number of hydrogen-bond donors (Lipinski definition) is 3. The molecule has 7 nitrogen and oxygen atoms in total. The fraction of sp³-hybridized carbons (Fsp3) is 0.464. The molecule has 2 aromatic rings. The molecule has 0 spiro atoms. The van der Waals surface area contributed by atoms with Crippen molar-refractivity contribution in [2.45, 2.75) is 57.2 Å². The molecule has 1 saturated carbocycles. The van der Waals surface area contributed by atoms with Gasteiger partial charge < -0.3 is 20.9 Å². The molecule has 35 heavy (non-hydrogen) atoms. The Labute approximate surface area is 206 Å². The highest BCUT2D eigenvalue weighted by molar-refractivity contribution is 5.95. The normalized spacial score (nSPS) is 27.2. The van der Waals surface area contributed by atoms with Crippen LogP contribution in [0.5, 0.6) is 0 Å². The summed E-state index contributed by atoms with van der Waals surface area (Å²) in [7, 11) is 0. The molecule has 5 atom stereocenters. The molecule has 3 aliphatic rings. The van der Waals surface area contributed by atoms with Gasteiger partial charge in [0.15, 0.2) is 0 Å². The number of nitrogens with zero attached hydrogens (tertiary/aromatic N) is 1. The molecule has 1 saturated heterocycles. The number of nitrogens with one attached hydrogen (secondary N) is 3. The molecule has 3 amide bonds. The number of anilines is 1. The molecule has 0 radical (unpaired) electrons. The molecule has 0 bridgehead atoms. The van der Waals surface area contributed by atoms with Gasteiger partial charge in [-0.1, -0.05) is 49.2 Å². The average Bonchev–Trinajstić information content (AvgIpc) is 3.33. The molecule has 3 N–H and O–H groups in total. The summed E-state index contributed by atoms with van der Waals surface area (Å²) in [5.41, 5.74) is 2.79. The predicted octanol–water partition coefficient (Wildman–Crippen LogP) is 3.50. The lowest BCUT2D eigenvalue weighted by Gasteiger charge is -2.42. The average molecular weight is 475 g/mol. The highest BCUT2D eigenvalue weighted by atomic mass is 16.2. The van der Waals surface area contributed by atoms with E-state index in [-0.39, 0.29) is 47.7 Å². The van der Waals surface area contributed by atoms with Gasteiger partial charge in [-0.25, -0.2) is 0 Å². The first-order valence-electron chi connectivity index (χ1n) is 12.8. The first-order chi connectivity index (χ1) is 17.0. The monoisotopic (exact) mass is 474 g/mol. The molecule has 5 rings (SSSR count). The Kier molecular flexibility index (Phi) is 6.75. The van der Waals surface area contributed by atoms with E-state index >= 15 is 0 Å². The SMILES string of the molecule is CC(=O)NC[C@H]1Nc2ccccc2[C@@H]2[C@H]1CCN2C(=O)[C@H]1CCCC[C@H]1NC(=O)c1ccccc1. The van der Waals surface area contributed by atoms with Crippen molar-refractivity contribution in [2.75, 3.05) is 18.4 Å². The highest BCUT2D eigenvalue weighted by Crippen LogP contribution is 2.47. The lowest BCUT2D eigenvalue weighted by Crippen LogP contribution is -2.51. The summed E-state index contributed by atoms with van der Waals surface area (Å²) in [6.07, 6.45) is 4.51. The zero-order chi connectivity index (χ0) is 24.4. The Balaban J connectivity index is 1.37. The topological polar surface area (TPSA) is 90.5 Å². The Morgan fingerprint density at radius 3 is 2.51 bits per heavy atom. The van der Waals surface area contributed by atoms with Gasteiger partial charge in [0.2, 0.25) is 11.8 Å². The number of carbonyl (C=O) groups is 3. The van der Waals surface area contributed by atoms with Crippen LogP contribution in [0.2, 0.25) is 0 Å². The van der Waals surface area contributed by atoms with Gasteiger partial charge in [-0.15, -0.1) is 0 Å². The van der Waals surface area contributed by atoms with Gasteiger partial charge in [0.1, 0.15) is 0 Å². The maximum Gasteiger partial charge on any atom is 0.251 e. The second-order valence-corrected chi connectivity index (χ2v) is 10.0. The number of hydrogen-bond acceptors (Lipinski definition) is 4. The number of para-hydroxylation sites is 1. The Morgan fingerprint density at radius 1 is 0.971 bits per heavy atom. The third-order valence-electron chi connectivity index (χ3n) is 7.87. The van der Waals surface area contributed by atoms with Gasteiger partial charge in [-0.2, -0.15) is 0 Å². The summed E-state index contributed by atoms with van der Waals surface area (Å²) in [6.45, 7) is 2.76. The van der Waals surface area contributed by atoms with Gasteiger partial charge in [-0.05, 0) is 43.0 Å². The number of carbonyl (C=O) groups excluding carboxylic acids is 3. The smallest absolute Gasteiger partial charge is 0.251 e. The third kappa shape index (κ3) is 4.77. The van der Waals surface area contributed by atoms with Gasteiger partial charge in [0.05, 0.1) is 12.0 Å². The lowest BCUT2D eigenvalue weighted by atomic mass is 9.81. The maximum absolute atomic E-state index is 14.1. The van der Waals surface area contributed by atoms with Crippen LogP contribution in [0.15, 0.2) is 54.6 Å². The molecular formula is C28H34N4O3. The quantitative estimate of drug-likeness (QED) is 0.619. The van der Waals surface area contributed by atoms with Crippen molar-refractivity contribution in [3.8, 4) is 0 Å². The van der Waals surface area contributed by atoms with Crippen molar-refractivity contribution in [3.05, 3.63) is 65.7 Å². The molecule has 7 heteroatoms. The molecule has 2 aliphatic heterocycles. The standard InChI is InChI=1S/C28H34N4O3/c1-18(33)29-17-25-21-15-16-32(26(21)20-11-5-7-13-23(20)30-25)28(35)22-12-6-8-14-24(22)31-27(34)19-9-3-2-4-10-19/h2-5,7,9-11,13,21-22,24-26,30H,6,8,12,14-17H2,1H3,(H,29,33)(H,31,34)/t21-,22-,24+,25+,26+/m0/s1. The van der Waals surface area contributed by atoms with E-state index in [1.165, 1.54) is 6.92 Å². The summed E-state index contributed by atoms with van der Waals surface area (Å²) >= 11 is 0. The molecule has 2 heterocycles. The number of fused-ring (bicyclic) bond motifs is 3. The number of rotatable bonds is 5. The van der Waals surface area contributed by atoms with Crippen LogP contribution in [0.3, 0.4) is 0 Å². The fourth-order valence-corrected chi connectivity index (χ4v) is 6.19. The summed E-state index contributed by atoms with van der Waals surface area (Å²) in [5.74, 6) is -0.0114. The van der Waals surface area contributed by atoms with Crippen LogP contribution < -0.4 is 16.0 Å². The van der Waals surface area contributed by atoms with Crippen LogP contribution in [-0.2, 0) is 9.59 Å². The number of amides is 3. The van der Waals surface area contributed by atoms with Crippen molar-refractivity contribution < 1.29 is 14.4 Å². The van der Waals surface area contributed by atoms with E-state index in [1.54, 1.807) is 12.1 Å². The van der Waals surface area contributed by atoms with E-state index in [1.807, 2.05) is 30.3 Å². The molecule has 2 fully saturated rings. The summed E-state index contributed by atoms with van der Waals surface area (Å²) < 4.78 is 0. The van der Waals surface area contributed by atoms with Crippen molar-refractivity contribution in [3.63, 3.8) is 0 Å². The fourth-order valence-electron chi connectivity index (χ4n) is 6.19. The van der Waals surface area contributed by atoms with E-state index in [4.69, 9.17) is 0 Å². The third-order valence-corrected chi connectivity index (χ3v) is 7.87. The zero-order valence-corrected chi connectivity index (χ0v) is 20.2. The van der Waals surface area contributed by atoms with Gasteiger partial charge in [-0.3, -0.25) is 14.4 Å². The highest BCUT2D eigenvalue weighted by Gasteiger charge is 2.48. The lowest BCUT2D eigenvalue weighted by molar-refractivity contribution is -0.139. The van der Waals surface area contributed by atoms with Gasteiger partial charge >= 0.3 is 0 Å². The van der Waals surface area contributed by atoms with Crippen LogP contribution in [0.25, 0.3) is 0 Å². The van der Waals surface area contributed by atoms with Crippen molar-refractivity contribution in [1.29, 1.82) is 0 Å². The van der Waals surface area contributed by atoms with E-state index in [9.17, 15) is 14.4 Å². The van der Waals surface area contributed by atoms with Crippen LogP contribution in [-0.4, -0.2) is 47.8 Å². The maximum atomic E-state index is 14.1. The summed E-state index contributed by atoms with van der Waals surface area (Å²) in [5, 5.41) is 9.74. The molecule has 2 aromatic carbocycles. The molecule has 0 unspecified atom stereocenters. The van der Waals surface area contributed by atoms with Crippen molar-refractivity contribution >= 4 is 23.4 Å². The van der Waals surface area contributed by atoms with Crippen LogP contribution in [0, 0.1) is 11.8 Å². The second-order valence-electron chi connectivity index (χ2n) is 10.0. The van der Waals surface area contributed by atoms with Crippen LogP contribution in [0.1, 0.15) is 61.0 Å². The number of likely N-dealkylation sites (tertiary alicyclic amines) is 1. The summed E-state index contributed by atoms with van der Waals surface area (Å²) in [6, 6.07) is 17.3. The predicted molar refractivity (Wildman–Crippen MR) is 135 cm³/mol. The van der Waals surface area contributed by atoms with Gasteiger partial charge in [0.25, 0.3) is 5.91 Å². The zero-order valence-electron chi connectivity index (χ0n) is 20.2. The Bertz CT molecular complexity index is 1090. The number of benzene rings is 2. The molecular weight excluding hydrogens is 440 g/mol. The largest absolute Gasteiger partial charge is 0.380 e. The minimum absolute atomic E-state index is 0.0221. The Morgan fingerprint density at radius 2 is 1.71 bits per heavy atom. The van der Waals surface area contributed by atoms with Crippen LogP contribution >= 0.6 is 0 Å². The van der Waals surface area contributed by atoms with Crippen LogP contribution in [0.4, 0.5) is 5.69 Å². The molecule has 0 aromatic heterocycles. The molecule has 184 valence electrons. The van der Waals surface area contributed by atoms with Crippen molar-refractivity contribution in [1.82, 2.24) is 15.5 Å². The first-order valence-corrected chi connectivity index (χ1v) is 12.8. The second kappa shape index (κ2) is 10.1. The van der Waals surface area contributed by atoms with E-state index in [0.29, 0.717) is 18.7 Å². The molecule has 1 aliphatic carbocycles. The first kappa shape index (κ1) is 23.4. The van der Waals surface area contributed by atoms with Gasteiger partial charge in [0, 0.05) is 49.3 Å². The minimum Gasteiger partial charge on any atom is -0.380 e. The van der Waals surface area contributed by atoms with E-state index in [2.05, 4.69) is 33.0 Å². The van der Waals surface area contributed by atoms with E-state index in [0.717, 1.165) is 43.4 Å². The van der Waals surface area contributed by atoms with Crippen molar-refractivity contribution in [2.24, 2.45) is 11.8 Å². The minimum atomic E-state index is -0.217.